The second-order valence-electron chi connectivity index (χ2n) is 8.33. The number of benzene rings is 1. The number of aryl methyl sites for hydroxylation is 3. The number of Topliss-reactive ketones (excluding diaryl/α,β-unsaturated/α-hetero) is 1. The van der Waals surface area contributed by atoms with E-state index in [0.29, 0.717) is 6.54 Å². The third kappa shape index (κ3) is 5.35. The second-order valence-corrected chi connectivity index (χ2v) is 10.1. The van der Waals surface area contributed by atoms with Crippen LogP contribution in [-0.2, 0) is 10.0 Å². The van der Waals surface area contributed by atoms with E-state index in [4.69, 9.17) is 0 Å². The Bertz CT molecular complexity index is 996. The molecular formula is C22H31N3O3S. The molecule has 0 aliphatic carbocycles. The van der Waals surface area contributed by atoms with Crippen molar-refractivity contribution in [2.45, 2.75) is 46.6 Å². The van der Waals surface area contributed by atoms with E-state index in [0.717, 1.165) is 48.6 Å². The number of nitrogens with one attached hydrogen (secondary N) is 1. The SMILES string of the molecule is Cc1cc(C)cc(-n2c(C)cc(C(=O)CN3CCC(NS(C)(=O)=O)CC3)c2C)c1. The lowest BCUT2D eigenvalue weighted by Crippen LogP contribution is -2.45. The summed E-state index contributed by atoms with van der Waals surface area (Å²) >= 11 is 0. The highest BCUT2D eigenvalue weighted by molar-refractivity contribution is 7.88. The lowest BCUT2D eigenvalue weighted by atomic mass is 10.0. The van der Waals surface area contributed by atoms with Gasteiger partial charge in [0.15, 0.2) is 5.78 Å². The minimum absolute atomic E-state index is 0.0361. The van der Waals surface area contributed by atoms with Gasteiger partial charge in [0, 0.05) is 41.8 Å². The van der Waals surface area contributed by atoms with E-state index in [1.165, 1.54) is 17.4 Å². The van der Waals surface area contributed by atoms with Gasteiger partial charge < -0.3 is 4.57 Å². The van der Waals surface area contributed by atoms with Crippen LogP contribution in [0.15, 0.2) is 24.3 Å². The van der Waals surface area contributed by atoms with Gasteiger partial charge in [-0.3, -0.25) is 9.69 Å². The Hall–Kier alpha value is -1.96. The number of rotatable bonds is 6. The first-order valence-electron chi connectivity index (χ1n) is 10.0. The van der Waals surface area contributed by atoms with Gasteiger partial charge in [-0.2, -0.15) is 0 Å². The lowest BCUT2D eigenvalue weighted by Gasteiger charge is -2.31. The molecule has 1 aromatic heterocycles. The van der Waals surface area contributed by atoms with E-state index in [1.807, 2.05) is 19.9 Å². The van der Waals surface area contributed by atoms with Crippen LogP contribution in [0, 0.1) is 27.7 Å². The average Bonchev–Trinajstić information content (AvgIpc) is 2.89. The normalized spacial score (nSPS) is 16.3. The molecule has 1 saturated heterocycles. The first-order chi connectivity index (χ1) is 13.5. The number of aromatic nitrogens is 1. The largest absolute Gasteiger partial charge is 0.318 e. The van der Waals surface area contributed by atoms with Crippen molar-refractivity contribution in [2.24, 2.45) is 0 Å². The molecule has 0 bridgehead atoms. The minimum Gasteiger partial charge on any atom is -0.318 e. The number of ketones is 1. The maximum atomic E-state index is 13.0. The zero-order valence-electron chi connectivity index (χ0n) is 17.9. The van der Waals surface area contributed by atoms with Gasteiger partial charge in [0.05, 0.1) is 12.8 Å². The van der Waals surface area contributed by atoms with E-state index >= 15 is 0 Å². The summed E-state index contributed by atoms with van der Waals surface area (Å²) in [5.74, 6) is 0.114. The van der Waals surface area contributed by atoms with Crippen LogP contribution in [0.5, 0.6) is 0 Å². The molecule has 1 fully saturated rings. The highest BCUT2D eigenvalue weighted by Crippen LogP contribution is 2.23. The Morgan fingerprint density at radius 2 is 1.62 bits per heavy atom. The molecule has 0 unspecified atom stereocenters. The Labute approximate surface area is 174 Å². The molecule has 0 radical (unpaired) electrons. The molecule has 1 aromatic carbocycles. The molecular weight excluding hydrogens is 386 g/mol. The highest BCUT2D eigenvalue weighted by atomic mass is 32.2. The maximum absolute atomic E-state index is 13.0. The monoisotopic (exact) mass is 417 g/mol. The number of carbonyl (C=O) groups is 1. The van der Waals surface area contributed by atoms with Gasteiger partial charge in [0.2, 0.25) is 10.0 Å². The number of likely N-dealkylation sites (tertiary alicyclic amines) is 1. The molecule has 1 aliphatic rings. The number of hydrogen-bond donors (Lipinski definition) is 1. The standard InChI is InChI=1S/C22H31N3O3S/c1-15-10-16(2)12-20(11-15)25-17(3)13-21(18(25)4)22(26)14-24-8-6-19(7-9-24)23-29(5,27)28/h10-13,19,23H,6-9,14H2,1-5H3. The van der Waals surface area contributed by atoms with Crippen molar-refractivity contribution in [1.82, 2.24) is 14.2 Å². The predicted octanol–water partition coefficient (Wildman–Crippen LogP) is 2.91. The number of piperidine rings is 1. The van der Waals surface area contributed by atoms with Gasteiger partial charge in [-0.15, -0.1) is 0 Å². The molecule has 0 atom stereocenters. The summed E-state index contributed by atoms with van der Waals surface area (Å²) in [5, 5.41) is 0. The van der Waals surface area contributed by atoms with Crippen LogP contribution in [0.1, 0.15) is 45.7 Å². The number of hydrogen-bond acceptors (Lipinski definition) is 4. The van der Waals surface area contributed by atoms with Crippen LogP contribution in [0.3, 0.4) is 0 Å². The summed E-state index contributed by atoms with van der Waals surface area (Å²) in [6.45, 7) is 9.99. The molecule has 1 aliphatic heterocycles. The molecule has 3 rings (SSSR count). The molecule has 0 spiro atoms. The Morgan fingerprint density at radius 1 is 1.03 bits per heavy atom. The molecule has 29 heavy (non-hydrogen) atoms. The van der Waals surface area contributed by atoms with Crippen molar-refractivity contribution in [3.63, 3.8) is 0 Å². The van der Waals surface area contributed by atoms with Crippen molar-refractivity contribution in [1.29, 1.82) is 0 Å². The topological polar surface area (TPSA) is 71.4 Å². The van der Waals surface area contributed by atoms with Crippen molar-refractivity contribution >= 4 is 15.8 Å². The Morgan fingerprint density at radius 3 is 2.17 bits per heavy atom. The van der Waals surface area contributed by atoms with Gasteiger partial charge in [0.1, 0.15) is 0 Å². The summed E-state index contributed by atoms with van der Waals surface area (Å²) in [6.07, 6.45) is 2.64. The summed E-state index contributed by atoms with van der Waals surface area (Å²) in [6, 6.07) is 8.37. The quantitative estimate of drug-likeness (QED) is 0.734. The Kier molecular flexibility index (Phi) is 6.31. The molecule has 6 nitrogen and oxygen atoms in total. The first kappa shape index (κ1) is 21.7. The molecule has 0 saturated carbocycles. The van der Waals surface area contributed by atoms with E-state index < -0.39 is 10.0 Å². The maximum Gasteiger partial charge on any atom is 0.208 e. The van der Waals surface area contributed by atoms with Crippen LogP contribution < -0.4 is 4.72 Å². The second kappa shape index (κ2) is 8.42. The van der Waals surface area contributed by atoms with Crippen molar-refractivity contribution in [2.75, 3.05) is 25.9 Å². The number of carbonyl (C=O) groups excluding carboxylic acids is 1. The van der Waals surface area contributed by atoms with Crippen LogP contribution >= 0.6 is 0 Å². The van der Waals surface area contributed by atoms with Crippen LogP contribution in [-0.4, -0.2) is 55.6 Å². The fourth-order valence-electron chi connectivity index (χ4n) is 4.32. The molecule has 2 heterocycles. The van der Waals surface area contributed by atoms with E-state index in [1.54, 1.807) is 0 Å². The van der Waals surface area contributed by atoms with Crippen LogP contribution in [0.2, 0.25) is 0 Å². The summed E-state index contributed by atoms with van der Waals surface area (Å²) in [7, 11) is -3.19. The van der Waals surface area contributed by atoms with Crippen molar-refractivity contribution in [3.8, 4) is 5.69 Å². The van der Waals surface area contributed by atoms with Crippen molar-refractivity contribution in [3.05, 3.63) is 52.3 Å². The van der Waals surface area contributed by atoms with E-state index in [2.05, 4.69) is 46.2 Å². The zero-order valence-corrected chi connectivity index (χ0v) is 18.8. The third-order valence-corrected chi connectivity index (χ3v) is 6.29. The van der Waals surface area contributed by atoms with Gasteiger partial charge in [-0.25, -0.2) is 13.1 Å². The smallest absolute Gasteiger partial charge is 0.208 e. The summed E-state index contributed by atoms with van der Waals surface area (Å²) in [4.78, 5) is 15.1. The third-order valence-electron chi connectivity index (χ3n) is 5.53. The van der Waals surface area contributed by atoms with E-state index in [-0.39, 0.29) is 11.8 Å². The van der Waals surface area contributed by atoms with Gasteiger partial charge in [-0.1, -0.05) is 6.07 Å². The fraction of sp³-hybridized carbons (Fsp3) is 0.500. The molecule has 7 heteroatoms. The fourth-order valence-corrected chi connectivity index (χ4v) is 5.16. The molecule has 0 amide bonds. The van der Waals surface area contributed by atoms with Gasteiger partial charge >= 0.3 is 0 Å². The molecule has 2 aromatic rings. The van der Waals surface area contributed by atoms with Crippen LogP contribution in [0.25, 0.3) is 5.69 Å². The first-order valence-corrected chi connectivity index (χ1v) is 11.9. The van der Waals surface area contributed by atoms with Crippen LogP contribution in [0.4, 0.5) is 0 Å². The Balaban J connectivity index is 1.71. The summed E-state index contributed by atoms with van der Waals surface area (Å²) < 4.78 is 27.6. The zero-order chi connectivity index (χ0) is 21.3. The molecule has 1 N–H and O–H groups in total. The van der Waals surface area contributed by atoms with Gasteiger partial charge in [0.25, 0.3) is 0 Å². The number of nitrogens with zero attached hydrogens (tertiary/aromatic N) is 2. The van der Waals surface area contributed by atoms with E-state index in [9.17, 15) is 13.2 Å². The highest BCUT2D eigenvalue weighted by Gasteiger charge is 2.24. The molecule has 158 valence electrons. The van der Waals surface area contributed by atoms with Crippen molar-refractivity contribution < 1.29 is 13.2 Å². The van der Waals surface area contributed by atoms with Gasteiger partial charge in [-0.05, 0) is 69.9 Å². The number of sulfonamides is 1. The average molecular weight is 418 g/mol. The summed E-state index contributed by atoms with van der Waals surface area (Å²) in [5.41, 5.74) is 6.26. The lowest BCUT2D eigenvalue weighted by molar-refractivity contribution is 0.0907. The predicted molar refractivity (Wildman–Crippen MR) is 116 cm³/mol. The minimum atomic E-state index is -3.19.